The second kappa shape index (κ2) is 11.5. The smallest absolute Gasteiger partial charge is 0.191 e. The fourth-order valence-electron chi connectivity index (χ4n) is 3.80. The van der Waals surface area contributed by atoms with Gasteiger partial charge < -0.3 is 20.3 Å². The van der Waals surface area contributed by atoms with Gasteiger partial charge in [0.25, 0.3) is 0 Å². The molecule has 3 heterocycles. The molecule has 0 aliphatic carbocycles. The van der Waals surface area contributed by atoms with Crippen LogP contribution in [0.5, 0.6) is 0 Å². The molecular formula is C25H33N7O. The molecule has 0 spiro atoms. The Bertz CT molecular complexity index is 1000. The topological polar surface area (TPSA) is 79.6 Å². The zero-order valence-electron chi connectivity index (χ0n) is 19.4. The van der Waals surface area contributed by atoms with Gasteiger partial charge in [0.2, 0.25) is 0 Å². The largest absolute Gasteiger partial charge is 0.375 e. The van der Waals surface area contributed by atoms with Crippen molar-refractivity contribution in [3.05, 3.63) is 72.2 Å². The number of aromatic nitrogens is 3. The molecule has 0 saturated carbocycles. The molecule has 33 heavy (non-hydrogen) atoms. The Hall–Kier alpha value is -3.39. The summed E-state index contributed by atoms with van der Waals surface area (Å²) in [5.41, 5.74) is 3.42. The van der Waals surface area contributed by atoms with Gasteiger partial charge in [0, 0.05) is 44.8 Å². The van der Waals surface area contributed by atoms with Gasteiger partial charge in [0.1, 0.15) is 5.82 Å². The summed E-state index contributed by atoms with van der Waals surface area (Å²) in [6.45, 7) is 8.89. The summed E-state index contributed by atoms with van der Waals surface area (Å²) in [5, 5.41) is 11.0. The highest BCUT2D eigenvalue weighted by Crippen LogP contribution is 2.15. The number of hydrogen-bond donors (Lipinski definition) is 2. The van der Waals surface area contributed by atoms with Crippen LogP contribution in [0.15, 0.2) is 66.0 Å². The van der Waals surface area contributed by atoms with E-state index in [1.807, 2.05) is 23.1 Å². The lowest BCUT2D eigenvalue weighted by Crippen LogP contribution is -2.41. The van der Waals surface area contributed by atoms with Crippen molar-refractivity contribution in [1.29, 1.82) is 0 Å². The number of hydrogen-bond acceptors (Lipinski definition) is 5. The van der Waals surface area contributed by atoms with Crippen LogP contribution in [0.1, 0.15) is 25.0 Å². The summed E-state index contributed by atoms with van der Waals surface area (Å²) in [6, 6.07) is 14.6. The first kappa shape index (κ1) is 22.8. The molecule has 4 rings (SSSR count). The van der Waals surface area contributed by atoms with Crippen LogP contribution in [0.25, 0.3) is 5.69 Å². The molecular weight excluding hydrogens is 414 g/mol. The van der Waals surface area contributed by atoms with E-state index in [2.05, 4.69) is 75.9 Å². The van der Waals surface area contributed by atoms with Crippen LogP contribution in [0.2, 0.25) is 0 Å². The van der Waals surface area contributed by atoms with E-state index in [0.717, 1.165) is 62.2 Å². The van der Waals surface area contributed by atoms with Crippen LogP contribution in [0.4, 0.5) is 5.82 Å². The van der Waals surface area contributed by atoms with E-state index in [4.69, 9.17) is 9.73 Å². The Kier molecular flexibility index (Phi) is 7.92. The second-order valence-corrected chi connectivity index (χ2v) is 8.14. The van der Waals surface area contributed by atoms with Crippen molar-refractivity contribution in [3.63, 3.8) is 0 Å². The maximum Gasteiger partial charge on any atom is 0.191 e. The van der Waals surface area contributed by atoms with E-state index in [-0.39, 0.29) is 6.10 Å². The first-order valence-electron chi connectivity index (χ1n) is 11.6. The molecule has 1 unspecified atom stereocenters. The van der Waals surface area contributed by atoms with Gasteiger partial charge in [-0.2, -0.15) is 5.10 Å². The van der Waals surface area contributed by atoms with Crippen molar-refractivity contribution in [2.45, 2.75) is 32.9 Å². The van der Waals surface area contributed by atoms with Crippen LogP contribution in [-0.4, -0.2) is 59.6 Å². The molecule has 0 radical (unpaired) electrons. The highest BCUT2D eigenvalue weighted by Gasteiger charge is 2.17. The summed E-state index contributed by atoms with van der Waals surface area (Å²) in [5.74, 6) is 1.82. The lowest BCUT2D eigenvalue weighted by molar-refractivity contribution is 0.0529. The summed E-state index contributed by atoms with van der Waals surface area (Å²) >= 11 is 0. The first-order chi connectivity index (χ1) is 16.2. The lowest BCUT2D eigenvalue weighted by Gasteiger charge is -2.32. The van der Waals surface area contributed by atoms with Gasteiger partial charge in [-0.1, -0.05) is 18.2 Å². The molecule has 1 saturated heterocycles. The van der Waals surface area contributed by atoms with Crippen molar-refractivity contribution >= 4 is 11.8 Å². The molecule has 1 aliphatic heterocycles. The van der Waals surface area contributed by atoms with Crippen LogP contribution in [0.3, 0.4) is 0 Å². The Morgan fingerprint density at radius 3 is 2.70 bits per heavy atom. The molecule has 2 aromatic heterocycles. The number of morpholine rings is 1. The molecule has 0 amide bonds. The highest BCUT2D eigenvalue weighted by molar-refractivity contribution is 5.79. The van der Waals surface area contributed by atoms with Crippen LogP contribution in [-0.2, 0) is 17.7 Å². The quantitative estimate of drug-likeness (QED) is 0.408. The molecule has 8 heteroatoms. The molecule has 0 bridgehead atoms. The van der Waals surface area contributed by atoms with Crippen LogP contribution in [0, 0.1) is 0 Å². The summed E-state index contributed by atoms with van der Waals surface area (Å²) in [4.78, 5) is 11.6. The minimum Gasteiger partial charge on any atom is -0.375 e. The van der Waals surface area contributed by atoms with Gasteiger partial charge in [-0.15, -0.1) is 0 Å². The Morgan fingerprint density at radius 1 is 1.15 bits per heavy atom. The van der Waals surface area contributed by atoms with Crippen molar-refractivity contribution in [3.8, 4) is 5.69 Å². The van der Waals surface area contributed by atoms with Crippen molar-refractivity contribution in [1.82, 2.24) is 25.4 Å². The van der Waals surface area contributed by atoms with Crippen molar-refractivity contribution < 1.29 is 4.74 Å². The second-order valence-electron chi connectivity index (χ2n) is 8.14. The zero-order valence-corrected chi connectivity index (χ0v) is 19.4. The van der Waals surface area contributed by atoms with Crippen molar-refractivity contribution in [2.24, 2.45) is 4.99 Å². The fraction of sp³-hybridized carbons (Fsp3) is 0.400. The van der Waals surface area contributed by atoms with E-state index in [0.29, 0.717) is 6.54 Å². The number of rotatable bonds is 8. The minimum absolute atomic E-state index is 0.243. The van der Waals surface area contributed by atoms with Gasteiger partial charge in [-0.3, -0.25) is 0 Å². The molecule has 8 nitrogen and oxygen atoms in total. The van der Waals surface area contributed by atoms with Crippen LogP contribution < -0.4 is 15.5 Å². The third kappa shape index (κ3) is 6.55. The third-order valence-electron chi connectivity index (χ3n) is 5.55. The predicted molar refractivity (Wildman–Crippen MR) is 132 cm³/mol. The number of nitrogens with zero attached hydrogens (tertiary/aromatic N) is 5. The number of aliphatic imine (C=N–C) groups is 1. The zero-order chi connectivity index (χ0) is 22.9. The first-order valence-corrected chi connectivity index (χ1v) is 11.6. The molecule has 1 atom stereocenters. The average Bonchev–Trinajstić information content (AvgIpc) is 3.38. The molecule has 2 N–H and O–H groups in total. The Balaban J connectivity index is 1.27. The van der Waals surface area contributed by atoms with Gasteiger partial charge >= 0.3 is 0 Å². The summed E-state index contributed by atoms with van der Waals surface area (Å²) < 4.78 is 7.48. The van der Waals surface area contributed by atoms with E-state index >= 15 is 0 Å². The number of nitrogens with one attached hydrogen (secondary N) is 2. The maximum atomic E-state index is 5.62. The minimum atomic E-state index is 0.243. The van der Waals surface area contributed by atoms with E-state index in [1.54, 1.807) is 6.20 Å². The lowest BCUT2D eigenvalue weighted by atomic mass is 10.1. The Morgan fingerprint density at radius 2 is 2.00 bits per heavy atom. The van der Waals surface area contributed by atoms with Crippen molar-refractivity contribution in [2.75, 3.05) is 37.7 Å². The molecule has 1 aromatic carbocycles. The van der Waals surface area contributed by atoms with Gasteiger partial charge in [0.05, 0.1) is 24.9 Å². The maximum absolute atomic E-state index is 5.62. The van der Waals surface area contributed by atoms with Gasteiger partial charge in [-0.25, -0.2) is 14.7 Å². The number of benzene rings is 1. The molecule has 1 fully saturated rings. The SMILES string of the molecule is CCNC(=NCc1ccc(N2CCOC(C)C2)nc1)NCCc1ccc(-n2cccn2)cc1. The highest BCUT2D eigenvalue weighted by atomic mass is 16.5. The summed E-state index contributed by atoms with van der Waals surface area (Å²) in [6.07, 6.45) is 6.81. The third-order valence-corrected chi connectivity index (χ3v) is 5.55. The normalized spacial score (nSPS) is 16.6. The standard InChI is InChI=1S/C25H33N7O/c1-3-26-25(27-13-11-21-5-8-23(9-6-21)32-14-4-12-30-32)29-18-22-7-10-24(28-17-22)31-15-16-33-20(2)19-31/h4-10,12,14,17,20H,3,11,13,15-16,18-19H2,1-2H3,(H2,26,27,29). The number of guanidine groups is 1. The monoisotopic (exact) mass is 447 g/mol. The van der Waals surface area contributed by atoms with Gasteiger partial charge in [0.15, 0.2) is 5.96 Å². The molecule has 3 aromatic rings. The fourth-order valence-corrected chi connectivity index (χ4v) is 3.80. The molecule has 174 valence electrons. The van der Waals surface area contributed by atoms with E-state index < -0.39 is 0 Å². The number of pyridine rings is 1. The Labute approximate surface area is 195 Å². The summed E-state index contributed by atoms with van der Waals surface area (Å²) in [7, 11) is 0. The van der Waals surface area contributed by atoms with E-state index in [1.165, 1.54) is 5.56 Å². The number of ether oxygens (including phenoxy) is 1. The van der Waals surface area contributed by atoms with Gasteiger partial charge in [-0.05, 0) is 55.7 Å². The van der Waals surface area contributed by atoms with Crippen LogP contribution >= 0.6 is 0 Å². The predicted octanol–water partition coefficient (Wildman–Crippen LogP) is 2.79. The molecule has 1 aliphatic rings. The average molecular weight is 448 g/mol. The van der Waals surface area contributed by atoms with E-state index in [9.17, 15) is 0 Å². The number of anilines is 1.